The van der Waals surface area contributed by atoms with Crippen molar-refractivity contribution in [1.29, 1.82) is 0 Å². The number of anilines is 6. The molecular weight excluding hydrogens is 1260 g/mol. The molecule has 11 rings (SSSR count). The molecule has 2 aliphatic heterocycles. The van der Waals surface area contributed by atoms with Gasteiger partial charge in [-0.2, -0.15) is 0 Å². The van der Waals surface area contributed by atoms with Gasteiger partial charge in [0.15, 0.2) is 0 Å². The summed E-state index contributed by atoms with van der Waals surface area (Å²) in [6.45, 7) is 21.9. The second kappa shape index (κ2) is 30.0. The molecule has 1 amide bonds. The molecule has 4 heterocycles. The van der Waals surface area contributed by atoms with Gasteiger partial charge in [0.1, 0.15) is 0 Å². The van der Waals surface area contributed by atoms with Crippen LogP contribution < -0.4 is 36.1 Å². The van der Waals surface area contributed by atoms with Gasteiger partial charge in [0.2, 0.25) is 5.91 Å². The van der Waals surface area contributed by atoms with Crippen LogP contribution in [0.3, 0.4) is 0 Å². The minimum atomic E-state index is -0.291. The predicted octanol–water partition coefficient (Wildman–Crippen LogP) is 15.6. The Bertz CT molecular complexity index is 3920. The summed E-state index contributed by atoms with van der Waals surface area (Å²) in [6, 6.07) is 39.6. The molecule has 9 aromatic rings. The van der Waals surface area contributed by atoms with E-state index in [1.165, 1.54) is 45.0 Å². The Kier molecular flexibility index (Phi) is 23.3. The fourth-order valence-corrected chi connectivity index (χ4v) is 11.4. The third-order valence-electron chi connectivity index (χ3n) is 16.3. The zero-order valence-corrected chi connectivity index (χ0v) is 58.9. The lowest BCUT2D eigenvalue weighted by Crippen LogP contribution is -2.41. The van der Waals surface area contributed by atoms with Crippen molar-refractivity contribution < 1.29 is 14.1 Å². The molecule has 89 heavy (non-hydrogen) atoms. The summed E-state index contributed by atoms with van der Waals surface area (Å²) in [4.78, 5) is 40.0. The second-order valence-corrected chi connectivity index (χ2v) is 26.8. The fourth-order valence-electron chi connectivity index (χ4n) is 10.5. The highest BCUT2D eigenvalue weighted by atomic mass is 79.9. The Morgan fingerprint density at radius 3 is 1.46 bits per heavy atom. The lowest BCUT2D eigenvalue weighted by Gasteiger charge is -2.32. The number of likely N-dealkylation sites (tertiary alicyclic amines) is 1. The first-order chi connectivity index (χ1) is 41.9. The van der Waals surface area contributed by atoms with Crippen LogP contribution in [-0.4, -0.2) is 125 Å². The van der Waals surface area contributed by atoms with Crippen LogP contribution >= 0.6 is 43.5 Å². The number of carbonyl (C=O) groups is 1. The fraction of sp³-hybridized carbons (Fsp3) is 0.338. The maximum Gasteiger partial charge on any atom is 0.494 e. The highest BCUT2D eigenvalue weighted by molar-refractivity contribution is 9.10. The number of carbonyl (C=O) groups excluding carboxylic acids is 1. The van der Waals surface area contributed by atoms with E-state index in [4.69, 9.17) is 26.6 Å². The van der Waals surface area contributed by atoms with E-state index in [0.29, 0.717) is 5.02 Å². The minimum Gasteiger partial charge on any atom is -0.399 e. The van der Waals surface area contributed by atoms with Crippen molar-refractivity contribution in [2.75, 3.05) is 100 Å². The number of fused-ring (bicyclic) bond motifs is 2. The van der Waals surface area contributed by atoms with Crippen molar-refractivity contribution in [1.82, 2.24) is 24.8 Å². The van der Waals surface area contributed by atoms with E-state index in [0.717, 1.165) is 95.2 Å². The molecule has 0 unspecified atom stereocenters. The molecule has 2 fully saturated rings. The predicted molar refractivity (Wildman–Crippen MR) is 385 cm³/mol. The number of nitrogens with two attached hydrogens (primary N) is 1. The Labute approximate surface area is 550 Å². The Balaban J connectivity index is 0.000000168. The van der Waals surface area contributed by atoms with Crippen LogP contribution in [0.25, 0.3) is 44.3 Å². The number of aromatic nitrogens is 4. The second-order valence-electron chi connectivity index (χ2n) is 24.6. The van der Waals surface area contributed by atoms with Crippen LogP contribution in [0.15, 0.2) is 149 Å². The van der Waals surface area contributed by atoms with E-state index in [1.54, 1.807) is 31.7 Å². The van der Waals surface area contributed by atoms with E-state index in [-0.39, 0.29) is 30.3 Å². The average molecular weight is 1350 g/mol. The van der Waals surface area contributed by atoms with Crippen molar-refractivity contribution >= 4 is 118 Å². The maximum atomic E-state index is 11.6. The molecule has 0 aliphatic carbocycles. The molecule has 2 aromatic heterocycles. The van der Waals surface area contributed by atoms with Crippen molar-refractivity contribution in [2.45, 2.75) is 92.9 Å². The molecule has 7 aromatic carbocycles. The smallest absolute Gasteiger partial charge is 0.399 e. The molecule has 2 saturated heterocycles. The Hall–Kier alpha value is -7.28. The van der Waals surface area contributed by atoms with Crippen LogP contribution in [0.1, 0.15) is 68.9 Å². The highest BCUT2D eigenvalue weighted by Gasteiger charge is 2.51. The van der Waals surface area contributed by atoms with Crippen LogP contribution in [0.5, 0.6) is 0 Å². The van der Waals surface area contributed by atoms with Crippen LogP contribution in [-0.2, 0) is 14.1 Å². The summed E-state index contributed by atoms with van der Waals surface area (Å²) in [5, 5.41) is 4.28. The monoisotopic (exact) mass is 1350 g/mol. The topological polar surface area (TPSA) is 141 Å². The summed E-state index contributed by atoms with van der Waals surface area (Å²) < 4.78 is 14.3. The lowest BCUT2D eigenvalue weighted by molar-refractivity contribution is -0.127. The normalized spacial score (nSPS) is 14.5. The highest BCUT2D eigenvalue weighted by Crippen LogP contribution is 2.38. The first kappa shape index (κ1) is 69.2. The largest absolute Gasteiger partial charge is 0.494 e. The molecule has 0 spiro atoms. The molecule has 1 atom stereocenters. The maximum absolute atomic E-state index is 11.6. The number of rotatable bonds is 9. The zero-order chi connectivity index (χ0) is 65.2. The van der Waals surface area contributed by atoms with Crippen molar-refractivity contribution in [2.24, 2.45) is 0 Å². The number of nitrogens with zero attached hydrogens (tertiary/aromatic N) is 9. The van der Waals surface area contributed by atoms with Crippen molar-refractivity contribution in [3.05, 3.63) is 182 Å². The molecule has 18 heteroatoms. The van der Waals surface area contributed by atoms with Crippen molar-refractivity contribution in [3.63, 3.8) is 0 Å². The number of amides is 1. The summed E-state index contributed by atoms with van der Waals surface area (Å²) in [7, 11) is 16.1. The van der Waals surface area contributed by atoms with Gasteiger partial charge in [0, 0.05) is 166 Å². The number of nitrogens with one attached hydrogen (secondary N) is 1. The number of aryl methyl sites for hydroxylation is 5. The standard InChI is InChI=1S/C23H27N5O.C17H16ClN3.C15H24BNO2.C9H12BrN.C7H8BrN/c1-15-5-6-17(11-22(15)27(3)4)20-12-19(13-21-23(20)25-9-8-24-21)26-18-7-10-28(14-18)16(2)29;1-11-4-5-12(8-16(11)21(2)3)14-9-13(18)10-15-17(14)20-7-6-19-15;1-11-8-9-12(10-13(11)17(6)7)16-18-14(2,3)15(4,5)19-16;1-7-4-5-8(10)6-9(7)11(2)3;1-5-2-3-6(8)4-7(5)9/h5-6,8-9,11-13,18,26H,7,10,14H2,1-4H3;4-10H,1-3H3;8-10H,1-7H3;4-6H,1-3H3;2-4H,9H2,1H3/t18-;;;;/m0..../s1. The number of nitrogen functional groups attached to an aromatic ring is 1. The first-order valence-corrected chi connectivity index (χ1v) is 31.7. The van der Waals surface area contributed by atoms with E-state index >= 15 is 0 Å². The lowest BCUT2D eigenvalue weighted by atomic mass is 9.78. The van der Waals surface area contributed by atoms with Gasteiger partial charge < -0.3 is 44.9 Å². The van der Waals surface area contributed by atoms with E-state index in [9.17, 15) is 4.79 Å². The van der Waals surface area contributed by atoms with Crippen LogP contribution in [0.2, 0.25) is 5.02 Å². The molecule has 0 bridgehead atoms. The number of benzene rings is 7. The minimum absolute atomic E-state index is 0.134. The molecule has 3 N–H and O–H groups in total. The first-order valence-electron chi connectivity index (χ1n) is 29.8. The van der Waals surface area contributed by atoms with Gasteiger partial charge in [0.25, 0.3) is 0 Å². The molecule has 2 aliphatic rings. The number of halogens is 3. The number of hydrogen-bond donors (Lipinski definition) is 2. The molecule has 0 saturated carbocycles. The van der Waals surface area contributed by atoms with Gasteiger partial charge in [-0.05, 0) is 180 Å². The van der Waals surface area contributed by atoms with Gasteiger partial charge in [-0.1, -0.05) is 92.0 Å². The third-order valence-corrected chi connectivity index (χ3v) is 17.5. The van der Waals surface area contributed by atoms with Gasteiger partial charge in [-0.15, -0.1) is 0 Å². The third kappa shape index (κ3) is 17.8. The zero-order valence-electron chi connectivity index (χ0n) is 55.0. The van der Waals surface area contributed by atoms with Crippen LogP contribution in [0.4, 0.5) is 34.1 Å². The van der Waals surface area contributed by atoms with Crippen molar-refractivity contribution in [3.8, 4) is 22.3 Å². The molecular formula is C71H87BBr2ClN11O3. The average Bonchev–Trinajstić information content (AvgIpc) is 1.85. The van der Waals surface area contributed by atoms with E-state index in [1.807, 2.05) is 62.3 Å². The Morgan fingerprint density at radius 1 is 0.573 bits per heavy atom. The quantitative estimate of drug-likeness (QED) is 0.105. The van der Waals surface area contributed by atoms with Gasteiger partial charge in [-0.25, -0.2) is 0 Å². The van der Waals surface area contributed by atoms with Gasteiger partial charge >= 0.3 is 7.12 Å². The van der Waals surface area contributed by atoms with E-state index < -0.39 is 0 Å². The van der Waals surface area contributed by atoms with Gasteiger partial charge in [0.05, 0.1) is 33.3 Å². The van der Waals surface area contributed by atoms with E-state index in [2.05, 4.69) is 253 Å². The Morgan fingerprint density at radius 2 is 1.00 bits per heavy atom. The molecule has 14 nitrogen and oxygen atoms in total. The van der Waals surface area contributed by atoms with Crippen LogP contribution in [0, 0.1) is 34.6 Å². The summed E-state index contributed by atoms with van der Waals surface area (Å²) >= 11 is 13.0. The molecule has 468 valence electrons. The van der Waals surface area contributed by atoms with Gasteiger partial charge in [-0.3, -0.25) is 24.7 Å². The summed E-state index contributed by atoms with van der Waals surface area (Å²) in [5.41, 5.74) is 26.6. The summed E-state index contributed by atoms with van der Waals surface area (Å²) in [5.74, 6) is 0.134. The molecule has 0 radical (unpaired) electrons. The summed E-state index contributed by atoms with van der Waals surface area (Å²) in [6.07, 6.45) is 7.80. The number of hydrogen-bond acceptors (Lipinski definition) is 13. The SMILES string of the molecule is CC(=O)N1CC[C@H](Nc2cc(-c3ccc(C)c(N(C)C)c3)c3nccnc3c2)C1.Cc1ccc(-c2cc(Cl)cc3nccnc23)cc1N(C)C.Cc1ccc(B2OC(C)(C)C(C)(C)O2)cc1N(C)C.Cc1ccc(Br)cc1N.Cc1ccc(Br)cc1N(C)C.